The van der Waals surface area contributed by atoms with E-state index in [1.807, 2.05) is 23.1 Å². The third-order valence-corrected chi connectivity index (χ3v) is 6.46. The van der Waals surface area contributed by atoms with E-state index in [2.05, 4.69) is 43.0 Å². The zero-order valence-electron chi connectivity index (χ0n) is 20.6. The van der Waals surface area contributed by atoms with Gasteiger partial charge in [-0.1, -0.05) is 38.1 Å². The third kappa shape index (κ3) is 7.05. The molecule has 0 atom stereocenters. The lowest BCUT2D eigenvalue weighted by Gasteiger charge is -2.27. The van der Waals surface area contributed by atoms with E-state index in [0.29, 0.717) is 57.6 Å². The van der Waals surface area contributed by atoms with Crippen LogP contribution in [-0.4, -0.2) is 74.9 Å². The average Bonchev–Trinajstić information content (AvgIpc) is 2.85. The average molecular weight is 467 g/mol. The summed E-state index contributed by atoms with van der Waals surface area (Å²) in [5.74, 6) is 1.56. The van der Waals surface area contributed by atoms with E-state index in [-0.39, 0.29) is 5.91 Å². The fraction of sp³-hybridized carbons (Fsp3) is 0.536. The zero-order valence-corrected chi connectivity index (χ0v) is 20.6. The lowest BCUT2D eigenvalue weighted by molar-refractivity contribution is 0.0302. The molecule has 1 saturated heterocycles. The van der Waals surface area contributed by atoms with Crippen molar-refractivity contribution >= 4 is 5.91 Å². The van der Waals surface area contributed by atoms with Crippen molar-refractivity contribution in [2.75, 3.05) is 59.2 Å². The van der Waals surface area contributed by atoms with Gasteiger partial charge in [0.15, 0.2) is 0 Å². The fourth-order valence-electron chi connectivity index (χ4n) is 4.47. The van der Waals surface area contributed by atoms with E-state index in [1.165, 1.54) is 17.5 Å². The van der Waals surface area contributed by atoms with Gasteiger partial charge in [-0.2, -0.15) is 0 Å². The number of benzene rings is 2. The number of nitrogens with zero attached hydrogens (tertiary/aromatic N) is 2. The van der Waals surface area contributed by atoms with Crippen LogP contribution in [0, 0.1) is 5.92 Å². The Kier molecular flexibility index (Phi) is 8.97. The van der Waals surface area contributed by atoms with E-state index >= 15 is 0 Å². The number of hydrogen-bond acceptors (Lipinski definition) is 5. The standard InChI is InChI=1S/C28H38N2O4/c1-22(2)8-9-29-10-13-33-16-17-34-27-7-6-25(28(31)30-11-14-32-15-12-30)20-26(27)19-23-4-3-5-24(18-23)21-29/h3-7,18,20,22H,8-17,19,21H2,1-2H3. The molecule has 0 radical (unpaired) electrons. The van der Waals surface area contributed by atoms with E-state index in [0.717, 1.165) is 37.4 Å². The van der Waals surface area contributed by atoms with Crippen LogP contribution in [0.25, 0.3) is 0 Å². The maximum atomic E-state index is 13.1. The number of amides is 1. The van der Waals surface area contributed by atoms with E-state index < -0.39 is 0 Å². The highest BCUT2D eigenvalue weighted by Crippen LogP contribution is 2.25. The first-order valence-electron chi connectivity index (χ1n) is 12.6. The Morgan fingerprint density at radius 1 is 0.912 bits per heavy atom. The molecule has 1 amide bonds. The van der Waals surface area contributed by atoms with Gasteiger partial charge in [0.25, 0.3) is 5.91 Å². The van der Waals surface area contributed by atoms with Crippen molar-refractivity contribution in [3.8, 4) is 5.75 Å². The van der Waals surface area contributed by atoms with Crippen LogP contribution in [-0.2, 0) is 22.4 Å². The van der Waals surface area contributed by atoms with Crippen molar-refractivity contribution in [2.45, 2.75) is 33.2 Å². The molecule has 0 aromatic heterocycles. The summed E-state index contributed by atoms with van der Waals surface area (Å²) in [4.78, 5) is 17.4. The molecule has 2 aliphatic rings. The van der Waals surface area contributed by atoms with Crippen LogP contribution in [0.4, 0.5) is 0 Å². The molecule has 2 aliphatic heterocycles. The number of ether oxygens (including phenoxy) is 3. The van der Waals surface area contributed by atoms with E-state index in [9.17, 15) is 4.79 Å². The van der Waals surface area contributed by atoms with Crippen molar-refractivity contribution in [1.29, 1.82) is 0 Å². The maximum absolute atomic E-state index is 13.1. The Morgan fingerprint density at radius 2 is 1.68 bits per heavy atom. The van der Waals surface area contributed by atoms with E-state index in [4.69, 9.17) is 14.2 Å². The molecule has 4 rings (SSSR count). The summed E-state index contributed by atoms with van der Waals surface area (Å²) in [6.45, 7) is 11.7. The van der Waals surface area contributed by atoms with Crippen molar-refractivity contribution in [1.82, 2.24) is 9.80 Å². The summed E-state index contributed by atoms with van der Waals surface area (Å²) in [5, 5.41) is 0. The second kappa shape index (κ2) is 12.3. The molecule has 6 nitrogen and oxygen atoms in total. The summed E-state index contributed by atoms with van der Waals surface area (Å²) >= 11 is 0. The minimum Gasteiger partial charge on any atom is -0.491 e. The number of fused-ring (bicyclic) bond motifs is 3. The molecule has 0 N–H and O–H groups in total. The zero-order chi connectivity index (χ0) is 23.8. The topological polar surface area (TPSA) is 51.2 Å². The number of carbonyl (C=O) groups excluding carboxylic acids is 1. The fourth-order valence-corrected chi connectivity index (χ4v) is 4.47. The smallest absolute Gasteiger partial charge is 0.254 e. The Labute approximate surface area is 203 Å². The van der Waals surface area contributed by atoms with Gasteiger partial charge in [-0.3, -0.25) is 9.69 Å². The quantitative estimate of drug-likeness (QED) is 0.682. The minimum atomic E-state index is 0.0587. The molecule has 184 valence electrons. The highest BCUT2D eigenvalue weighted by Gasteiger charge is 2.20. The van der Waals surface area contributed by atoms with Crippen molar-refractivity contribution in [2.24, 2.45) is 5.92 Å². The molecular formula is C28H38N2O4. The second-order valence-electron chi connectivity index (χ2n) is 9.64. The van der Waals surface area contributed by atoms with Crippen LogP contribution in [0.1, 0.15) is 47.3 Å². The van der Waals surface area contributed by atoms with Gasteiger partial charge in [-0.25, -0.2) is 0 Å². The van der Waals surface area contributed by atoms with E-state index in [1.54, 1.807) is 0 Å². The summed E-state index contributed by atoms with van der Waals surface area (Å²) in [6.07, 6.45) is 1.90. The predicted molar refractivity (Wildman–Crippen MR) is 133 cm³/mol. The predicted octanol–water partition coefficient (Wildman–Crippen LogP) is 4.01. The molecular weight excluding hydrogens is 428 g/mol. The normalized spacial score (nSPS) is 18.1. The molecule has 6 heteroatoms. The Hall–Kier alpha value is -2.41. The summed E-state index contributed by atoms with van der Waals surface area (Å²) < 4.78 is 17.4. The van der Waals surface area contributed by atoms with Gasteiger partial charge < -0.3 is 19.1 Å². The van der Waals surface area contributed by atoms with Gasteiger partial charge in [0, 0.05) is 38.2 Å². The molecule has 34 heavy (non-hydrogen) atoms. The van der Waals surface area contributed by atoms with Crippen LogP contribution < -0.4 is 4.74 Å². The molecule has 1 fully saturated rings. The Morgan fingerprint density at radius 3 is 2.50 bits per heavy atom. The first-order chi connectivity index (χ1) is 16.6. The largest absolute Gasteiger partial charge is 0.491 e. The third-order valence-electron chi connectivity index (χ3n) is 6.46. The molecule has 0 aliphatic carbocycles. The number of morpholine rings is 1. The van der Waals surface area contributed by atoms with Crippen molar-refractivity contribution in [3.05, 3.63) is 64.7 Å². The lowest BCUT2D eigenvalue weighted by Crippen LogP contribution is -2.40. The molecule has 2 aromatic carbocycles. The van der Waals surface area contributed by atoms with Gasteiger partial charge in [0.1, 0.15) is 12.4 Å². The Bertz CT molecular complexity index is 940. The van der Waals surface area contributed by atoms with Crippen LogP contribution in [0.2, 0.25) is 0 Å². The molecule has 0 unspecified atom stereocenters. The summed E-state index contributed by atoms with van der Waals surface area (Å²) in [5.41, 5.74) is 4.28. The lowest BCUT2D eigenvalue weighted by atomic mass is 9.99. The summed E-state index contributed by atoms with van der Waals surface area (Å²) in [6, 6.07) is 14.6. The number of carbonyl (C=O) groups is 1. The molecule has 2 bridgehead atoms. The Balaban J connectivity index is 1.56. The van der Waals surface area contributed by atoms with Gasteiger partial charge in [-0.05, 0) is 53.8 Å². The van der Waals surface area contributed by atoms with Crippen molar-refractivity contribution in [3.63, 3.8) is 0 Å². The van der Waals surface area contributed by atoms with Gasteiger partial charge in [0.2, 0.25) is 0 Å². The molecule has 2 heterocycles. The first-order valence-corrected chi connectivity index (χ1v) is 12.6. The van der Waals surface area contributed by atoms with Crippen LogP contribution in [0.3, 0.4) is 0 Å². The van der Waals surface area contributed by atoms with Crippen molar-refractivity contribution < 1.29 is 19.0 Å². The van der Waals surface area contributed by atoms with Crippen LogP contribution in [0.15, 0.2) is 42.5 Å². The number of rotatable bonds is 4. The number of hydrogen-bond donors (Lipinski definition) is 0. The first kappa shape index (κ1) is 24.7. The molecule has 0 saturated carbocycles. The van der Waals surface area contributed by atoms with Gasteiger partial charge >= 0.3 is 0 Å². The monoisotopic (exact) mass is 466 g/mol. The second-order valence-corrected chi connectivity index (χ2v) is 9.64. The highest BCUT2D eigenvalue weighted by atomic mass is 16.5. The van der Waals surface area contributed by atoms with Crippen LogP contribution in [0.5, 0.6) is 5.75 Å². The van der Waals surface area contributed by atoms with Gasteiger partial charge in [0.05, 0.1) is 26.4 Å². The van der Waals surface area contributed by atoms with Crippen LogP contribution >= 0.6 is 0 Å². The molecule has 0 spiro atoms. The highest BCUT2D eigenvalue weighted by molar-refractivity contribution is 5.94. The SMILES string of the molecule is CC(C)CCN1CCOCCOc2ccc(C(=O)N3CCOCC3)cc2Cc2cccc(c2)C1. The van der Waals surface area contributed by atoms with Gasteiger partial charge in [-0.15, -0.1) is 0 Å². The minimum absolute atomic E-state index is 0.0587. The summed E-state index contributed by atoms with van der Waals surface area (Å²) in [7, 11) is 0. The maximum Gasteiger partial charge on any atom is 0.254 e. The molecule has 2 aromatic rings.